The summed E-state index contributed by atoms with van der Waals surface area (Å²) in [5.41, 5.74) is -0.238. The van der Waals surface area contributed by atoms with Crippen molar-refractivity contribution in [3.05, 3.63) is 0 Å². The minimum atomic E-state index is -0.238. The van der Waals surface area contributed by atoms with Gasteiger partial charge in [-0.3, -0.25) is 4.79 Å². The Morgan fingerprint density at radius 2 is 2.18 bits per heavy atom. The van der Waals surface area contributed by atoms with Crippen molar-refractivity contribution < 1.29 is 14.3 Å². The second-order valence-corrected chi connectivity index (χ2v) is 5.21. The summed E-state index contributed by atoms with van der Waals surface area (Å²) in [6.07, 6.45) is 0.944. The van der Waals surface area contributed by atoms with E-state index in [1.54, 1.807) is 0 Å². The highest BCUT2D eigenvalue weighted by Crippen LogP contribution is 2.26. The van der Waals surface area contributed by atoms with E-state index in [4.69, 9.17) is 9.47 Å². The molecule has 2 rings (SSSR count). The predicted octanol–water partition coefficient (Wildman–Crippen LogP) is -0.0955. The number of likely N-dealkylation sites (N-methyl/N-ethyl adjacent to an activating group) is 1. The van der Waals surface area contributed by atoms with Crippen LogP contribution < -0.4 is 10.6 Å². The van der Waals surface area contributed by atoms with E-state index in [9.17, 15) is 4.79 Å². The molecular weight excluding hydrogens is 220 g/mol. The first-order chi connectivity index (χ1) is 8.07. The zero-order valence-electron chi connectivity index (χ0n) is 10.8. The van der Waals surface area contributed by atoms with E-state index >= 15 is 0 Å². The lowest BCUT2D eigenvalue weighted by molar-refractivity contribution is -0.127. The number of nitrogens with one attached hydrogen (secondary N) is 2. The highest BCUT2D eigenvalue weighted by atomic mass is 16.5. The van der Waals surface area contributed by atoms with Crippen LogP contribution in [-0.4, -0.2) is 50.5 Å². The predicted molar refractivity (Wildman–Crippen MR) is 63.7 cm³/mol. The SMILES string of the molecule is CNC1COCC1C(=O)NC1(C)CCOC1C. The smallest absolute Gasteiger partial charge is 0.227 e. The number of carbonyl (C=O) groups excluding carboxylic acids is 1. The minimum Gasteiger partial charge on any atom is -0.379 e. The van der Waals surface area contributed by atoms with Crippen LogP contribution in [0.1, 0.15) is 20.3 Å². The zero-order valence-corrected chi connectivity index (χ0v) is 10.8. The first-order valence-corrected chi connectivity index (χ1v) is 6.25. The van der Waals surface area contributed by atoms with Crippen LogP contribution in [0.15, 0.2) is 0 Å². The van der Waals surface area contributed by atoms with Gasteiger partial charge in [0.05, 0.1) is 30.8 Å². The quantitative estimate of drug-likeness (QED) is 0.726. The van der Waals surface area contributed by atoms with Crippen molar-refractivity contribution in [2.75, 3.05) is 26.9 Å². The molecule has 98 valence electrons. The summed E-state index contributed by atoms with van der Waals surface area (Å²) >= 11 is 0. The van der Waals surface area contributed by atoms with Crippen molar-refractivity contribution in [3.63, 3.8) is 0 Å². The molecule has 0 spiro atoms. The first-order valence-electron chi connectivity index (χ1n) is 6.25. The number of amides is 1. The Labute approximate surface area is 102 Å². The van der Waals surface area contributed by atoms with Gasteiger partial charge in [-0.25, -0.2) is 0 Å². The molecule has 2 N–H and O–H groups in total. The second kappa shape index (κ2) is 4.92. The molecule has 5 nitrogen and oxygen atoms in total. The topological polar surface area (TPSA) is 59.6 Å². The molecule has 2 aliphatic rings. The number of rotatable bonds is 3. The molecule has 2 heterocycles. The molecule has 5 heteroatoms. The second-order valence-electron chi connectivity index (χ2n) is 5.21. The van der Waals surface area contributed by atoms with Gasteiger partial charge in [0.1, 0.15) is 0 Å². The summed E-state index contributed by atoms with van der Waals surface area (Å²) in [5, 5.41) is 6.25. The third-order valence-electron chi connectivity index (χ3n) is 4.08. The van der Waals surface area contributed by atoms with Crippen molar-refractivity contribution in [1.29, 1.82) is 0 Å². The van der Waals surface area contributed by atoms with Crippen molar-refractivity contribution >= 4 is 5.91 Å². The maximum atomic E-state index is 12.2. The van der Waals surface area contributed by atoms with Crippen LogP contribution in [0, 0.1) is 5.92 Å². The zero-order chi connectivity index (χ0) is 12.5. The number of ether oxygens (including phenoxy) is 2. The van der Waals surface area contributed by atoms with E-state index in [1.807, 2.05) is 20.9 Å². The molecule has 0 aromatic rings. The third kappa shape index (κ3) is 2.46. The lowest BCUT2D eigenvalue weighted by atomic mass is 9.92. The van der Waals surface area contributed by atoms with Crippen LogP contribution in [0.25, 0.3) is 0 Å². The van der Waals surface area contributed by atoms with Crippen molar-refractivity contribution in [1.82, 2.24) is 10.6 Å². The van der Waals surface area contributed by atoms with E-state index < -0.39 is 0 Å². The van der Waals surface area contributed by atoms with Gasteiger partial charge in [-0.05, 0) is 27.3 Å². The van der Waals surface area contributed by atoms with E-state index in [1.165, 1.54) is 0 Å². The van der Waals surface area contributed by atoms with Crippen molar-refractivity contribution in [2.45, 2.75) is 38.0 Å². The van der Waals surface area contributed by atoms with Crippen LogP contribution in [0.4, 0.5) is 0 Å². The summed E-state index contributed by atoms with van der Waals surface area (Å²) < 4.78 is 10.9. The van der Waals surface area contributed by atoms with Gasteiger partial charge >= 0.3 is 0 Å². The summed E-state index contributed by atoms with van der Waals surface area (Å²) in [4.78, 5) is 12.2. The van der Waals surface area contributed by atoms with E-state index in [2.05, 4.69) is 10.6 Å². The summed E-state index contributed by atoms with van der Waals surface area (Å²) in [7, 11) is 1.86. The molecule has 17 heavy (non-hydrogen) atoms. The molecule has 4 unspecified atom stereocenters. The standard InChI is InChI=1S/C12H22N2O3/c1-8-12(2,4-5-17-8)14-11(15)9-6-16-7-10(9)13-3/h8-10,13H,4-7H2,1-3H3,(H,14,15). The van der Waals surface area contributed by atoms with Crippen LogP contribution in [0.2, 0.25) is 0 Å². The summed E-state index contributed by atoms with van der Waals surface area (Å²) in [6.45, 7) is 5.88. The van der Waals surface area contributed by atoms with Crippen molar-refractivity contribution in [2.24, 2.45) is 5.92 Å². The lowest BCUT2D eigenvalue weighted by Gasteiger charge is -2.31. The summed E-state index contributed by atoms with van der Waals surface area (Å²) in [6, 6.07) is 0.122. The molecular formula is C12H22N2O3. The fourth-order valence-corrected chi connectivity index (χ4v) is 2.47. The molecule has 4 atom stereocenters. The highest BCUT2D eigenvalue weighted by molar-refractivity contribution is 5.80. The Hall–Kier alpha value is -0.650. The molecule has 0 saturated carbocycles. The monoisotopic (exact) mass is 242 g/mol. The van der Waals surface area contributed by atoms with Crippen LogP contribution in [-0.2, 0) is 14.3 Å². The fourth-order valence-electron chi connectivity index (χ4n) is 2.47. The number of carbonyl (C=O) groups is 1. The maximum Gasteiger partial charge on any atom is 0.227 e. The fraction of sp³-hybridized carbons (Fsp3) is 0.917. The van der Waals surface area contributed by atoms with E-state index in [-0.39, 0.29) is 29.5 Å². The van der Waals surface area contributed by atoms with Gasteiger partial charge < -0.3 is 20.1 Å². The largest absolute Gasteiger partial charge is 0.379 e. The molecule has 2 saturated heterocycles. The Morgan fingerprint density at radius 1 is 1.41 bits per heavy atom. The Morgan fingerprint density at radius 3 is 2.76 bits per heavy atom. The van der Waals surface area contributed by atoms with Crippen LogP contribution >= 0.6 is 0 Å². The van der Waals surface area contributed by atoms with Crippen LogP contribution in [0.5, 0.6) is 0 Å². The van der Waals surface area contributed by atoms with E-state index in [0.29, 0.717) is 19.8 Å². The summed E-state index contributed by atoms with van der Waals surface area (Å²) in [5.74, 6) is -0.0219. The molecule has 1 amide bonds. The molecule has 0 bridgehead atoms. The van der Waals surface area contributed by atoms with Gasteiger partial charge in [0.25, 0.3) is 0 Å². The molecule has 0 aromatic heterocycles. The van der Waals surface area contributed by atoms with Gasteiger partial charge in [-0.1, -0.05) is 0 Å². The van der Waals surface area contributed by atoms with Gasteiger partial charge in [0, 0.05) is 12.6 Å². The average molecular weight is 242 g/mol. The number of hydrogen-bond acceptors (Lipinski definition) is 4. The molecule has 0 aliphatic carbocycles. The highest BCUT2D eigenvalue weighted by Gasteiger charge is 2.41. The minimum absolute atomic E-state index is 0.0710. The maximum absolute atomic E-state index is 12.2. The van der Waals surface area contributed by atoms with Gasteiger partial charge in [-0.15, -0.1) is 0 Å². The molecule has 0 radical (unpaired) electrons. The van der Waals surface area contributed by atoms with Crippen LogP contribution in [0.3, 0.4) is 0 Å². The normalized spacial score (nSPS) is 41.7. The van der Waals surface area contributed by atoms with Gasteiger partial charge in [0.2, 0.25) is 5.91 Å². The molecule has 0 aromatic carbocycles. The third-order valence-corrected chi connectivity index (χ3v) is 4.08. The Balaban J connectivity index is 1.96. The number of hydrogen-bond donors (Lipinski definition) is 2. The van der Waals surface area contributed by atoms with Gasteiger partial charge in [0.15, 0.2) is 0 Å². The van der Waals surface area contributed by atoms with E-state index in [0.717, 1.165) is 6.42 Å². The van der Waals surface area contributed by atoms with Crippen molar-refractivity contribution in [3.8, 4) is 0 Å². The first kappa shape index (κ1) is 12.8. The Bertz CT molecular complexity index is 297. The average Bonchev–Trinajstić information content (AvgIpc) is 2.87. The molecule has 2 fully saturated rings. The van der Waals surface area contributed by atoms with Gasteiger partial charge in [-0.2, -0.15) is 0 Å². The lowest BCUT2D eigenvalue weighted by Crippen LogP contribution is -2.54. The Kier molecular flexibility index (Phi) is 3.70. The molecule has 2 aliphatic heterocycles.